The standard InChI is InChI=1S/C13H21N5/c1-10-12(9-15)13(17(2)16-10)18-7-4-11(3-6-14)5-8-18/h11H,3-8,14H2,1-2H3. The summed E-state index contributed by atoms with van der Waals surface area (Å²) in [7, 11) is 1.91. The normalized spacial score (nSPS) is 16.9. The van der Waals surface area contributed by atoms with Crippen LogP contribution in [-0.4, -0.2) is 29.4 Å². The predicted molar refractivity (Wildman–Crippen MR) is 71.3 cm³/mol. The summed E-state index contributed by atoms with van der Waals surface area (Å²) >= 11 is 0. The Bertz CT molecular complexity index is 449. The lowest BCUT2D eigenvalue weighted by molar-refractivity contribution is 0.383. The van der Waals surface area contributed by atoms with Crippen molar-refractivity contribution in [1.82, 2.24) is 9.78 Å². The minimum Gasteiger partial charge on any atom is -0.356 e. The number of nitrogens with two attached hydrogens (primary N) is 1. The zero-order chi connectivity index (χ0) is 13.1. The molecule has 1 fully saturated rings. The predicted octanol–water partition coefficient (Wildman–Crippen LogP) is 1.17. The van der Waals surface area contributed by atoms with Crippen LogP contribution in [0.3, 0.4) is 0 Å². The molecule has 1 aromatic heterocycles. The zero-order valence-corrected chi connectivity index (χ0v) is 11.2. The highest BCUT2D eigenvalue weighted by atomic mass is 15.4. The van der Waals surface area contributed by atoms with Gasteiger partial charge in [-0.1, -0.05) is 0 Å². The lowest BCUT2D eigenvalue weighted by Crippen LogP contribution is -2.35. The number of rotatable bonds is 3. The summed E-state index contributed by atoms with van der Waals surface area (Å²) in [6, 6.07) is 2.27. The summed E-state index contributed by atoms with van der Waals surface area (Å²) in [6.07, 6.45) is 3.43. The van der Waals surface area contributed by atoms with Crippen LogP contribution < -0.4 is 10.6 Å². The number of anilines is 1. The van der Waals surface area contributed by atoms with Gasteiger partial charge < -0.3 is 10.6 Å². The van der Waals surface area contributed by atoms with Crippen molar-refractivity contribution >= 4 is 5.82 Å². The highest BCUT2D eigenvalue weighted by molar-refractivity contribution is 5.57. The quantitative estimate of drug-likeness (QED) is 0.870. The van der Waals surface area contributed by atoms with Crippen molar-refractivity contribution in [3.05, 3.63) is 11.3 Å². The molecule has 2 N–H and O–H groups in total. The van der Waals surface area contributed by atoms with Gasteiger partial charge in [-0.15, -0.1) is 0 Å². The van der Waals surface area contributed by atoms with E-state index in [0.717, 1.165) is 61.9 Å². The Morgan fingerprint density at radius 3 is 2.67 bits per heavy atom. The van der Waals surface area contributed by atoms with Gasteiger partial charge in [0.2, 0.25) is 0 Å². The second-order valence-electron chi connectivity index (χ2n) is 5.03. The molecule has 98 valence electrons. The van der Waals surface area contributed by atoms with Crippen LogP contribution in [0, 0.1) is 24.2 Å². The fourth-order valence-electron chi connectivity index (χ4n) is 2.81. The topological polar surface area (TPSA) is 70.9 Å². The first-order valence-corrected chi connectivity index (χ1v) is 6.56. The van der Waals surface area contributed by atoms with Crippen molar-refractivity contribution in [2.75, 3.05) is 24.5 Å². The van der Waals surface area contributed by atoms with E-state index >= 15 is 0 Å². The number of nitrogens with zero attached hydrogens (tertiary/aromatic N) is 4. The molecule has 1 saturated heterocycles. The first-order chi connectivity index (χ1) is 8.67. The molecule has 0 aromatic carbocycles. The average molecular weight is 247 g/mol. The van der Waals surface area contributed by atoms with Crippen molar-refractivity contribution in [3.8, 4) is 6.07 Å². The highest BCUT2D eigenvalue weighted by Gasteiger charge is 2.24. The van der Waals surface area contributed by atoms with Gasteiger partial charge in [0, 0.05) is 20.1 Å². The van der Waals surface area contributed by atoms with Gasteiger partial charge in [-0.25, -0.2) is 0 Å². The molecule has 5 nitrogen and oxygen atoms in total. The molecule has 0 bridgehead atoms. The maximum Gasteiger partial charge on any atom is 0.144 e. The molecule has 0 saturated carbocycles. The zero-order valence-electron chi connectivity index (χ0n) is 11.2. The van der Waals surface area contributed by atoms with Crippen LogP contribution in [0.1, 0.15) is 30.5 Å². The fraction of sp³-hybridized carbons (Fsp3) is 0.692. The van der Waals surface area contributed by atoms with Crippen LogP contribution in [0.2, 0.25) is 0 Å². The van der Waals surface area contributed by atoms with Gasteiger partial charge in [-0.3, -0.25) is 4.68 Å². The molecule has 0 spiro atoms. The summed E-state index contributed by atoms with van der Waals surface area (Å²) in [4.78, 5) is 2.28. The second kappa shape index (κ2) is 5.40. The van der Waals surface area contributed by atoms with Crippen LogP contribution in [0.15, 0.2) is 0 Å². The van der Waals surface area contributed by atoms with Gasteiger partial charge in [-0.2, -0.15) is 10.4 Å². The van der Waals surface area contributed by atoms with Crippen LogP contribution in [0.25, 0.3) is 0 Å². The Kier molecular flexibility index (Phi) is 3.87. The van der Waals surface area contributed by atoms with E-state index in [4.69, 9.17) is 5.73 Å². The summed E-state index contributed by atoms with van der Waals surface area (Å²) in [5.74, 6) is 1.72. The SMILES string of the molecule is Cc1nn(C)c(N2CCC(CCN)CC2)c1C#N. The molecule has 0 aliphatic carbocycles. The number of nitriles is 1. The first kappa shape index (κ1) is 12.9. The van der Waals surface area contributed by atoms with Crippen LogP contribution in [0.5, 0.6) is 0 Å². The van der Waals surface area contributed by atoms with E-state index in [-0.39, 0.29) is 0 Å². The van der Waals surface area contributed by atoms with Crippen LogP contribution in [-0.2, 0) is 7.05 Å². The van der Waals surface area contributed by atoms with E-state index in [1.807, 2.05) is 18.7 Å². The molecule has 0 unspecified atom stereocenters. The minimum atomic E-state index is 0.717. The third-order valence-electron chi connectivity index (χ3n) is 3.79. The number of aryl methyl sites for hydroxylation is 2. The number of hydrogen-bond acceptors (Lipinski definition) is 4. The molecule has 0 radical (unpaired) electrons. The van der Waals surface area contributed by atoms with Crippen molar-refractivity contribution in [3.63, 3.8) is 0 Å². The van der Waals surface area contributed by atoms with E-state index in [1.54, 1.807) is 0 Å². The van der Waals surface area contributed by atoms with Gasteiger partial charge >= 0.3 is 0 Å². The Labute approximate surface area is 108 Å². The Morgan fingerprint density at radius 1 is 1.44 bits per heavy atom. The van der Waals surface area contributed by atoms with Crippen LogP contribution >= 0.6 is 0 Å². The van der Waals surface area contributed by atoms with E-state index in [9.17, 15) is 5.26 Å². The van der Waals surface area contributed by atoms with Crippen molar-refractivity contribution in [2.45, 2.75) is 26.2 Å². The lowest BCUT2D eigenvalue weighted by atomic mass is 9.93. The van der Waals surface area contributed by atoms with Crippen molar-refractivity contribution in [2.24, 2.45) is 18.7 Å². The first-order valence-electron chi connectivity index (χ1n) is 6.56. The number of hydrogen-bond donors (Lipinski definition) is 1. The molecule has 18 heavy (non-hydrogen) atoms. The third-order valence-corrected chi connectivity index (χ3v) is 3.79. The highest BCUT2D eigenvalue weighted by Crippen LogP contribution is 2.28. The molecule has 1 aromatic rings. The van der Waals surface area contributed by atoms with Crippen LogP contribution in [0.4, 0.5) is 5.82 Å². The average Bonchev–Trinajstić information content (AvgIpc) is 2.65. The number of piperidine rings is 1. The van der Waals surface area contributed by atoms with Crippen molar-refractivity contribution < 1.29 is 0 Å². The maximum atomic E-state index is 9.23. The maximum absolute atomic E-state index is 9.23. The lowest BCUT2D eigenvalue weighted by Gasteiger charge is -2.33. The Balaban J connectivity index is 2.13. The van der Waals surface area contributed by atoms with Gasteiger partial charge in [-0.05, 0) is 38.6 Å². The third kappa shape index (κ3) is 2.34. The molecule has 1 aliphatic heterocycles. The monoisotopic (exact) mass is 247 g/mol. The van der Waals surface area contributed by atoms with E-state index < -0.39 is 0 Å². The molecule has 1 aliphatic rings. The number of aromatic nitrogens is 2. The molecular weight excluding hydrogens is 226 g/mol. The largest absolute Gasteiger partial charge is 0.356 e. The molecular formula is C13H21N5. The van der Waals surface area contributed by atoms with E-state index in [2.05, 4.69) is 16.1 Å². The van der Waals surface area contributed by atoms with Gasteiger partial charge in [0.15, 0.2) is 0 Å². The smallest absolute Gasteiger partial charge is 0.144 e. The Hall–Kier alpha value is -1.54. The summed E-state index contributed by atoms with van der Waals surface area (Å²) in [5.41, 5.74) is 7.14. The van der Waals surface area contributed by atoms with Gasteiger partial charge in [0.1, 0.15) is 17.5 Å². The fourth-order valence-corrected chi connectivity index (χ4v) is 2.81. The van der Waals surface area contributed by atoms with Crippen molar-refractivity contribution in [1.29, 1.82) is 5.26 Å². The second-order valence-corrected chi connectivity index (χ2v) is 5.03. The minimum absolute atomic E-state index is 0.717. The van der Waals surface area contributed by atoms with E-state index in [1.165, 1.54) is 0 Å². The summed E-state index contributed by atoms with van der Waals surface area (Å²) in [6.45, 7) is 4.67. The molecule has 0 amide bonds. The van der Waals surface area contributed by atoms with Gasteiger partial charge in [0.25, 0.3) is 0 Å². The summed E-state index contributed by atoms with van der Waals surface area (Å²) in [5, 5.41) is 13.6. The molecule has 2 heterocycles. The Morgan fingerprint density at radius 2 is 2.11 bits per heavy atom. The molecule has 2 rings (SSSR count). The molecule has 0 atom stereocenters. The van der Waals surface area contributed by atoms with E-state index in [0.29, 0.717) is 0 Å². The van der Waals surface area contributed by atoms with Gasteiger partial charge in [0.05, 0.1) is 5.69 Å². The summed E-state index contributed by atoms with van der Waals surface area (Å²) < 4.78 is 1.83. The molecule has 5 heteroatoms.